The van der Waals surface area contributed by atoms with E-state index in [-0.39, 0.29) is 11.1 Å². The van der Waals surface area contributed by atoms with Crippen LogP contribution in [0.5, 0.6) is 0 Å². The minimum absolute atomic E-state index is 0.282. The fourth-order valence-corrected chi connectivity index (χ4v) is 5.91. The number of hydrogen-bond acceptors (Lipinski definition) is 6. The van der Waals surface area contributed by atoms with Crippen LogP contribution in [0.4, 0.5) is 26.3 Å². The number of nitrogens with zero attached hydrogens (tertiary/aromatic N) is 6. The average molecular weight is 621 g/mol. The molecule has 2 heterocycles. The van der Waals surface area contributed by atoms with Crippen LogP contribution in [0.25, 0.3) is 65.3 Å². The molecule has 12 heteroatoms. The standard InChI is InChI=1S/C34H14F6N6/c35-33(36,37)29-11-19(5-7-43-29)17-1-3-21-23-13-28-24(14-27(23)31(45-15-41)25(21)9-17)22-4-2-18(10-26(22)32(28)46-16-42)20-6-8-44-30(12-20)34(38,39)40/h1-14H/b45-31+,46-32+. The van der Waals surface area contributed by atoms with Gasteiger partial charge >= 0.3 is 12.4 Å². The first kappa shape index (κ1) is 28.6. The zero-order valence-electron chi connectivity index (χ0n) is 23.0. The number of alkyl halides is 6. The highest BCUT2D eigenvalue weighted by molar-refractivity contribution is 6.21. The van der Waals surface area contributed by atoms with Crippen LogP contribution in [0, 0.1) is 22.9 Å². The molecule has 0 unspecified atom stereocenters. The Kier molecular flexibility index (Phi) is 6.35. The van der Waals surface area contributed by atoms with E-state index in [1.54, 1.807) is 48.5 Å². The second kappa shape index (κ2) is 10.2. The molecular formula is C34H14F6N6. The summed E-state index contributed by atoms with van der Waals surface area (Å²) in [5.74, 6) is 0. The molecule has 222 valence electrons. The van der Waals surface area contributed by atoms with Crippen molar-refractivity contribution in [3.05, 3.63) is 107 Å². The summed E-state index contributed by atoms with van der Waals surface area (Å²) in [6.45, 7) is 0. The van der Waals surface area contributed by atoms with Gasteiger partial charge in [0.1, 0.15) is 11.4 Å². The van der Waals surface area contributed by atoms with Gasteiger partial charge in [-0.3, -0.25) is 9.97 Å². The van der Waals surface area contributed by atoms with Gasteiger partial charge in [-0.2, -0.15) is 46.9 Å². The van der Waals surface area contributed by atoms with Gasteiger partial charge < -0.3 is 0 Å². The Morgan fingerprint density at radius 1 is 0.457 bits per heavy atom. The third-order valence-electron chi connectivity index (χ3n) is 7.89. The van der Waals surface area contributed by atoms with Gasteiger partial charge in [-0.15, -0.1) is 0 Å². The molecule has 0 aliphatic heterocycles. The van der Waals surface area contributed by atoms with E-state index in [0.29, 0.717) is 64.9 Å². The van der Waals surface area contributed by atoms with Crippen molar-refractivity contribution in [3.63, 3.8) is 0 Å². The molecule has 2 aromatic heterocycles. The molecule has 0 bridgehead atoms. The Balaban J connectivity index is 1.48. The van der Waals surface area contributed by atoms with Crippen molar-refractivity contribution in [1.82, 2.24) is 9.97 Å². The molecule has 5 aromatic carbocycles. The van der Waals surface area contributed by atoms with E-state index in [4.69, 9.17) is 0 Å². The summed E-state index contributed by atoms with van der Waals surface area (Å²) in [5, 5.41) is 24.7. The Labute approximate surface area is 254 Å². The van der Waals surface area contributed by atoms with E-state index in [1.165, 1.54) is 12.1 Å². The Morgan fingerprint density at radius 3 is 1.20 bits per heavy atom. The van der Waals surface area contributed by atoms with Gasteiger partial charge in [0.25, 0.3) is 0 Å². The summed E-state index contributed by atoms with van der Waals surface area (Å²) in [4.78, 5) is 15.0. The highest BCUT2D eigenvalue weighted by Gasteiger charge is 2.33. The molecule has 0 saturated heterocycles. The topological polar surface area (TPSA) is 98.1 Å². The lowest BCUT2D eigenvalue weighted by molar-refractivity contribution is -0.141. The SMILES string of the molecule is N#C/N=c1\c2cc(-c3ccnc(C(F)(F)F)c3)ccc2c2cc3/c(=N/C#N)c4cc(-c5ccnc(C(F)(F)F)c5)ccc4c3cc12. The number of benzene rings is 3. The van der Waals surface area contributed by atoms with Crippen molar-refractivity contribution in [2.75, 3.05) is 0 Å². The van der Waals surface area contributed by atoms with Gasteiger partial charge in [0, 0.05) is 33.9 Å². The molecule has 0 spiro atoms. The van der Waals surface area contributed by atoms with Crippen molar-refractivity contribution >= 4 is 43.1 Å². The molecule has 0 atom stereocenters. The lowest BCUT2D eigenvalue weighted by atomic mass is 10.0. The number of rotatable bonds is 2. The van der Waals surface area contributed by atoms with E-state index in [2.05, 4.69) is 20.0 Å². The maximum absolute atomic E-state index is 13.3. The normalized spacial score (nSPS) is 13.2. The predicted octanol–water partition coefficient (Wildman–Crippen LogP) is 8.10. The third-order valence-corrected chi connectivity index (χ3v) is 7.89. The Morgan fingerprint density at radius 2 is 0.826 bits per heavy atom. The third kappa shape index (κ3) is 4.59. The van der Waals surface area contributed by atoms with Gasteiger partial charge in [-0.25, -0.2) is 0 Å². The van der Waals surface area contributed by atoms with Gasteiger partial charge in [0.2, 0.25) is 12.4 Å². The summed E-state index contributed by atoms with van der Waals surface area (Å²) in [6.07, 6.45) is -3.46. The minimum Gasteiger partial charge on any atom is -0.252 e. The maximum Gasteiger partial charge on any atom is 0.433 e. The van der Waals surface area contributed by atoms with Gasteiger partial charge in [0.15, 0.2) is 0 Å². The monoisotopic (exact) mass is 620 g/mol. The van der Waals surface area contributed by atoms with Crippen LogP contribution in [0.3, 0.4) is 0 Å². The molecule has 6 nitrogen and oxygen atoms in total. The number of hydrogen-bond donors (Lipinski definition) is 0. The minimum atomic E-state index is -4.62. The van der Waals surface area contributed by atoms with E-state index in [9.17, 15) is 36.9 Å². The fourth-order valence-electron chi connectivity index (χ4n) is 5.91. The Bertz CT molecular complexity index is 2410. The highest BCUT2D eigenvalue weighted by atomic mass is 19.4. The zero-order valence-corrected chi connectivity index (χ0v) is 23.0. The van der Waals surface area contributed by atoms with Crippen LogP contribution in [0.2, 0.25) is 0 Å². The first-order chi connectivity index (χ1) is 22.0. The van der Waals surface area contributed by atoms with E-state index >= 15 is 0 Å². The van der Waals surface area contributed by atoms with Crippen molar-refractivity contribution in [2.24, 2.45) is 9.98 Å². The number of halogens is 6. The average Bonchev–Trinajstić information content (AvgIpc) is 3.50. The molecule has 0 amide bonds. The highest BCUT2D eigenvalue weighted by Crippen LogP contribution is 2.37. The molecule has 0 radical (unpaired) electrons. The van der Waals surface area contributed by atoms with Crippen LogP contribution >= 0.6 is 0 Å². The van der Waals surface area contributed by atoms with Crippen molar-refractivity contribution in [3.8, 4) is 34.6 Å². The summed E-state index contributed by atoms with van der Waals surface area (Å²) < 4.78 is 80.0. The predicted molar refractivity (Wildman–Crippen MR) is 158 cm³/mol. The van der Waals surface area contributed by atoms with Crippen LogP contribution in [0.1, 0.15) is 11.4 Å². The summed E-state index contributed by atoms with van der Waals surface area (Å²) >= 11 is 0. The van der Waals surface area contributed by atoms with E-state index < -0.39 is 23.7 Å². The van der Waals surface area contributed by atoms with Gasteiger partial charge in [-0.05, 0) is 92.3 Å². The lowest BCUT2D eigenvalue weighted by Gasteiger charge is -2.08. The number of aromatic nitrogens is 2. The lowest BCUT2D eigenvalue weighted by Crippen LogP contribution is -2.07. The molecule has 0 saturated carbocycles. The molecule has 7 aromatic rings. The molecule has 0 aliphatic carbocycles. The maximum atomic E-state index is 13.3. The molecule has 7 rings (SSSR count). The van der Waals surface area contributed by atoms with Crippen molar-refractivity contribution < 1.29 is 26.3 Å². The van der Waals surface area contributed by atoms with E-state index in [1.807, 2.05) is 12.4 Å². The van der Waals surface area contributed by atoms with Crippen LogP contribution in [0.15, 0.2) is 95.2 Å². The number of fused-ring (bicyclic) bond motifs is 6. The molecule has 0 aliphatic rings. The summed E-state index contributed by atoms with van der Waals surface area (Å²) in [6, 6.07) is 18.5. The number of nitriles is 2. The molecule has 0 fully saturated rings. The van der Waals surface area contributed by atoms with Crippen LogP contribution in [-0.2, 0) is 12.4 Å². The molecular weight excluding hydrogens is 606 g/mol. The summed E-state index contributed by atoms with van der Waals surface area (Å²) in [7, 11) is 0. The van der Waals surface area contributed by atoms with Gasteiger partial charge in [-0.1, -0.05) is 24.3 Å². The Hall–Kier alpha value is -6.14. The second-order valence-electron chi connectivity index (χ2n) is 10.4. The van der Waals surface area contributed by atoms with Gasteiger partial charge in [0.05, 0.1) is 10.7 Å². The van der Waals surface area contributed by atoms with E-state index in [0.717, 1.165) is 24.5 Å². The second-order valence-corrected chi connectivity index (χ2v) is 10.4. The molecule has 0 N–H and O–H groups in total. The van der Waals surface area contributed by atoms with Crippen molar-refractivity contribution in [2.45, 2.75) is 12.4 Å². The largest absolute Gasteiger partial charge is 0.433 e. The summed E-state index contributed by atoms with van der Waals surface area (Å²) in [5.41, 5.74) is -0.577. The first-order valence-electron chi connectivity index (χ1n) is 13.5. The quantitative estimate of drug-likeness (QED) is 0.144. The van der Waals surface area contributed by atoms with Crippen molar-refractivity contribution in [1.29, 1.82) is 10.5 Å². The van der Waals surface area contributed by atoms with Crippen LogP contribution in [-0.4, -0.2) is 9.97 Å². The number of pyridine rings is 2. The smallest absolute Gasteiger partial charge is 0.252 e. The van der Waals surface area contributed by atoms with Crippen LogP contribution < -0.4 is 10.7 Å². The first-order valence-corrected chi connectivity index (χ1v) is 13.5. The molecule has 46 heavy (non-hydrogen) atoms. The zero-order chi connectivity index (χ0) is 32.4. The fraction of sp³-hybridized carbons (Fsp3) is 0.0588.